The molecule has 0 atom stereocenters. The van der Waals surface area contributed by atoms with Crippen LogP contribution in [0.15, 0.2) is 65.9 Å². The molecule has 0 radical (unpaired) electrons. The Labute approximate surface area is 145 Å². The molecule has 0 bridgehead atoms. The number of amides is 1. The molecule has 25 heavy (non-hydrogen) atoms. The Hall–Kier alpha value is -3.41. The van der Waals surface area contributed by atoms with Crippen LogP contribution in [0.1, 0.15) is 11.1 Å². The second kappa shape index (κ2) is 7.44. The molecular weight excluding hydrogens is 316 g/mol. The molecule has 0 aliphatic carbocycles. The van der Waals surface area contributed by atoms with Crippen molar-refractivity contribution in [2.75, 3.05) is 7.11 Å². The second-order valence-electron chi connectivity index (χ2n) is 5.44. The standard InChI is InChI=1S/C19H18N4O2/c1-14-7-6-8-15(11-14)18-16(12-20-21-19(24)25-2)13-23(22-18)17-9-4-3-5-10-17/h3-13H,1-2H3,(H,21,24)/b20-12-. The van der Waals surface area contributed by atoms with E-state index in [0.29, 0.717) is 0 Å². The highest BCUT2D eigenvalue weighted by Gasteiger charge is 2.11. The van der Waals surface area contributed by atoms with E-state index in [1.165, 1.54) is 7.11 Å². The van der Waals surface area contributed by atoms with E-state index >= 15 is 0 Å². The Bertz CT molecular complexity index is 901. The molecule has 0 unspecified atom stereocenters. The third-order valence-corrected chi connectivity index (χ3v) is 3.60. The molecule has 3 aromatic rings. The van der Waals surface area contributed by atoms with Crippen LogP contribution < -0.4 is 5.43 Å². The first kappa shape index (κ1) is 16.4. The summed E-state index contributed by atoms with van der Waals surface area (Å²) in [6.45, 7) is 2.03. The van der Waals surface area contributed by atoms with Gasteiger partial charge in [0.15, 0.2) is 0 Å². The van der Waals surface area contributed by atoms with Gasteiger partial charge in [0.25, 0.3) is 0 Å². The summed E-state index contributed by atoms with van der Waals surface area (Å²) in [7, 11) is 1.29. The minimum Gasteiger partial charge on any atom is -0.452 e. The van der Waals surface area contributed by atoms with Crippen molar-refractivity contribution >= 4 is 12.3 Å². The van der Waals surface area contributed by atoms with Gasteiger partial charge in [0, 0.05) is 17.3 Å². The van der Waals surface area contributed by atoms with Crippen molar-refractivity contribution in [3.8, 4) is 16.9 Å². The lowest BCUT2D eigenvalue weighted by molar-refractivity contribution is 0.171. The van der Waals surface area contributed by atoms with Gasteiger partial charge in [-0.1, -0.05) is 42.0 Å². The monoisotopic (exact) mass is 334 g/mol. The molecular formula is C19H18N4O2. The number of para-hydroxylation sites is 1. The molecule has 0 saturated heterocycles. The van der Waals surface area contributed by atoms with Crippen LogP contribution in [-0.2, 0) is 4.74 Å². The van der Waals surface area contributed by atoms with Crippen LogP contribution in [0.2, 0.25) is 0 Å². The van der Waals surface area contributed by atoms with Gasteiger partial charge in [0.2, 0.25) is 0 Å². The SMILES string of the molecule is COC(=O)N/N=C\c1cn(-c2ccccc2)nc1-c1cccc(C)c1. The van der Waals surface area contributed by atoms with Gasteiger partial charge in [-0.2, -0.15) is 10.2 Å². The summed E-state index contributed by atoms with van der Waals surface area (Å²) < 4.78 is 6.30. The molecule has 6 nitrogen and oxygen atoms in total. The summed E-state index contributed by atoms with van der Waals surface area (Å²) in [6, 6.07) is 17.9. The van der Waals surface area contributed by atoms with Crippen molar-refractivity contribution in [1.29, 1.82) is 0 Å². The fourth-order valence-electron chi connectivity index (χ4n) is 2.41. The van der Waals surface area contributed by atoms with Crippen molar-refractivity contribution < 1.29 is 9.53 Å². The van der Waals surface area contributed by atoms with Gasteiger partial charge in [-0.05, 0) is 25.1 Å². The van der Waals surface area contributed by atoms with E-state index in [1.54, 1.807) is 10.9 Å². The number of carbonyl (C=O) groups is 1. The molecule has 0 saturated carbocycles. The fourth-order valence-corrected chi connectivity index (χ4v) is 2.41. The summed E-state index contributed by atoms with van der Waals surface area (Å²) >= 11 is 0. The van der Waals surface area contributed by atoms with Crippen LogP contribution >= 0.6 is 0 Å². The quantitative estimate of drug-likeness (QED) is 0.586. The highest BCUT2D eigenvalue weighted by atomic mass is 16.5. The largest absolute Gasteiger partial charge is 0.452 e. The number of aryl methyl sites for hydroxylation is 1. The lowest BCUT2D eigenvalue weighted by Crippen LogP contribution is -2.16. The van der Waals surface area contributed by atoms with Crippen LogP contribution in [0.3, 0.4) is 0 Å². The number of rotatable bonds is 4. The summed E-state index contributed by atoms with van der Waals surface area (Å²) in [5, 5.41) is 8.62. The smallest absolute Gasteiger partial charge is 0.427 e. The Balaban J connectivity index is 2.02. The van der Waals surface area contributed by atoms with Gasteiger partial charge >= 0.3 is 6.09 Å². The molecule has 3 rings (SSSR count). The lowest BCUT2D eigenvalue weighted by Gasteiger charge is -2.01. The number of benzene rings is 2. The number of hydrogen-bond donors (Lipinski definition) is 1. The first-order valence-corrected chi connectivity index (χ1v) is 7.76. The molecule has 0 fully saturated rings. The summed E-state index contributed by atoms with van der Waals surface area (Å²) in [5.74, 6) is 0. The van der Waals surface area contributed by atoms with Crippen LogP contribution in [0.4, 0.5) is 4.79 Å². The molecule has 0 spiro atoms. The molecule has 0 aliphatic rings. The number of nitrogens with zero attached hydrogens (tertiary/aromatic N) is 3. The van der Waals surface area contributed by atoms with Crippen molar-refractivity contribution in [3.63, 3.8) is 0 Å². The maximum absolute atomic E-state index is 11.2. The predicted molar refractivity (Wildman–Crippen MR) is 96.9 cm³/mol. The highest BCUT2D eigenvalue weighted by molar-refractivity contribution is 5.89. The number of carbonyl (C=O) groups excluding carboxylic acids is 1. The van der Waals surface area contributed by atoms with E-state index in [4.69, 9.17) is 5.10 Å². The normalized spacial score (nSPS) is 10.8. The first-order valence-electron chi connectivity index (χ1n) is 7.76. The molecule has 1 N–H and O–H groups in total. The van der Waals surface area contributed by atoms with Gasteiger partial charge in [-0.15, -0.1) is 0 Å². The Morgan fingerprint density at radius 3 is 2.72 bits per heavy atom. The number of methoxy groups -OCH3 is 1. The van der Waals surface area contributed by atoms with E-state index in [2.05, 4.69) is 21.3 Å². The van der Waals surface area contributed by atoms with Gasteiger partial charge in [-0.3, -0.25) is 0 Å². The Kier molecular flexibility index (Phi) is 4.89. The average molecular weight is 334 g/mol. The summed E-state index contributed by atoms with van der Waals surface area (Å²) in [4.78, 5) is 11.2. The lowest BCUT2D eigenvalue weighted by atomic mass is 10.1. The van der Waals surface area contributed by atoms with Crippen LogP contribution in [0.25, 0.3) is 16.9 Å². The number of hydrogen-bond acceptors (Lipinski definition) is 4. The fraction of sp³-hybridized carbons (Fsp3) is 0.105. The average Bonchev–Trinajstić information content (AvgIpc) is 3.06. The molecule has 6 heteroatoms. The van der Waals surface area contributed by atoms with Crippen LogP contribution in [0, 0.1) is 6.92 Å². The number of hydrazone groups is 1. The van der Waals surface area contributed by atoms with E-state index < -0.39 is 6.09 Å². The Morgan fingerprint density at radius 2 is 2.00 bits per heavy atom. The van der Waals surface area contributed by atoms with Gasteiger partial charge in [0.1, 0.15) is 5.69 Å². The minimum absolute atomic E-state index is 0.621. The zero-order chi connectivity index (χ0) is 17.6. The molecule has 126 valence electrons. The summed E-state index contributed by atoms with van der Waals surface area (Å²) in [6.07, 6.45) is 2.81. The zero-order valence-corrected chi connectivity index (χ0v) is 14.0. The Morgan fingerprint density at radius 1 is 1.20 bits per heavy atom. The molecule has 1 aromatic heterocycles. The molecule has 0 aliphatic heterocycles. The van der Waals surface area contributed by atoms with Crippen molar-refractivity contribution in [1.82, 2.24) is 15.2 Å². The maximum atomic E-state index is 11.2. The van der Waals surface area contributed by atoms with E-state index in [1.807, 2.05) is 61.7 Å². The third-order valence-electron chi connectivity index (χ3n) is 3.60. The maximum Gasteiger partial charge on any atom is 0.427 e. The minimum atomic E-state index is -0.621. The van der Waals surface area contributed by atoms with Gasteiger partial charge in [-0.25, -0.2) is 14.9 Å². The predicted octanol–water partition coefficient (Wildman–Crippen LogP) is 3.54. The van der Waals surface area contributed by atoms with Crippen molar-refractivity contribution in [2.24, 2.45) is 5.10 Å². The molecule has 2 aromatic carbocycles. The molecule has 1 amide bonds. The van der Waals surface area contributed by atoms with Crippen molar-refractivity contribution in [3.05, 3.63) is 71.9 Å². The zero-order valence-electron chi connectivity index (χ0n) is 14.0. The number of nitrogens with one attached hydrogen (secondary N) is 1. The number of ether oxygens (including phenoxy) is 1. The topological polar surface area (TPSA) is 68.5 Å². The number of aromatic nitrogens is 2. The van der Waals surface area contributed by atoms with E-state index in [-0.39, 0.29) is 0 Å². The summed E-state index contributed by atoms with van der Waals surface area (Å²) in [5.41, 5.74) is 6.92. The van der Waals surface area contributed by atoms with Crippen LogP contribution in [-0.4, -0.2) is 29.2 Å². The van der Waals surface area contributed by atoms with Gasteiger partial charge in [0.05, 0.1) is 19.0 Å². The highest BCUT2D eigenvalue weighted by Crippen LogP contribution is 2.23. The third kappa shape index (κ3) is 3.92. The van der Waals surface area contributed by atoms with Crippen LogP contribution in [0.5, 0.6) is 0 Å². The second-order valence-corrected chi connectivity index (χ2v) is 5.44. The van der Waals surface area contributed by atoms with Gasteiger partial charge < -0.3 is 4.74 Å². The van der Waals surface area contributed by atoms with E-state index in [0.717, 1.165) is 28.1 Å². The first-order chi connectivity index (χ1) is 12.2. The molecule has 1 heterocycles. The van der Waals surface area contributed by atoms with Crippen molar-refractivity contribution in [2.45, 2.75) is 6.92 Å². The van der Waals surface area contributed by atoms with E-state index in [9.17, 15) is 4.79 Å².